The van der Waals surface area contributed by atoms with E-state index in [0.717, 1.165) is 6.42 Å². The lowest BCUT2D eigenvalue weighted by molar-refractivity contribution is -0.142. The monoisotopic (exact) mass is 251 g/mol. The van der Waals surface area contributed by atoms with E-state index in [1.807, 2.05) is 0 Å². The predicted molar refractivity (Wildman–Crippen MR) is 61.9 cm³/mol. The fourth-order valence-electron chi connectivity index (χ4n) is 2.57. The van der Waals surface area contributed by atoms with Gasteiger partial charge < -0.3 is 15.4 Å². The Morgan fingerprint density at radius 2 is 2.28 bits per heavy atom. The smallest absolute Gasteiger partial charge is 0.309 e. The van der Waals surface area contributed by atoms with E-state index >= 15 is 0 Å². The molecule has 0 bridgehead atoms. The summed E-state index contributed by atoms with van der Waals surface area (Å²) in [6, 6.07) is 1.06. The van der Waals surface area contributed by atoms with Crippen LogP contribution in [-0.4, -0.2) is 42.5 Å². The van der Waals surface area contributed by atoms with Crippen LogP contribution in [0, 0.1) is 23.2 Å². The number of carbonyl (C=O) groups excluding carboxylic acids is 2. The van der Waals surface area contributed by atoms with Gasteiger partial charge in [-0.15, -0.1) is 0 Å². The van der Waals surface area contributed by atoms with E-state index in [-0.39, 0.29) is 29.8 Å². The van der Waals surface area contributed by atoms with Crippen molar-refractivity contribution in [3.63, 3.8) is 0 Å². The molecule has 18 heavy (non-hydrogen) atoms. The lowest BCUT2D eigenvalue weighted by Crippen LogP contribution is -2.47. The van der Waals surface area contributed by atoms with Crippen LogP contribution in [0.2, 0.25) is 0 Å². The fourth-order valence-corrected chi connectivity index (χ4v) is 2.57. The number of nitrogens with two attached hydrogens (primary N) is 1. The van der Waals surface area contributed by atoms with Crippen molar-refractivity contribution < 1.29 is 14.3 Å². The van der Waals surface area contributed by atoms with E-state index in [0.29, 0.717) is 19.4 Å². The second kappa shape index (κ2) is 4.94. The number of carbonyl (C=O) groups is 2. The highest BCUT2D eigenvalue weighted by atomic mass is 16.5. The minimum atomic E-state index is -0.692. The maximum absolute atomic E-state index is 12.2. The standard InChI is InChI=1S/C12H17N3O3/c1-18-12(17)9-5-8(9)10(14)11(16)15-4-2-3-7(15)6-13/h7-10H,2-5,14H2,1H3/t7-,8+,9+,10+/m0/s1. The molecular formula is C12H17N3O3. The highest BCUT2D eigenvalue weighted by Crippen LogP contribution is 2.42. The first kappa shape index (κ1) is 12.8. The van der Waals surface area contributed by atoms with Crippen LogP contribution in [-0.2, 0) is 14.3 Å². The highest BCUT2D eigenvalue weighted by Gasteiger charge is 2.51. The van der Waals surface area contributed by atoms with E-state index in [2.05, 4.69) is 10.8 Å². The molecule has 6 nitrogen and oxygen atoms in total. The number of rotatable bonds is 3. The second-order valence-electron chi connectivity index (χ2n) is 4.87. The SMILES string of the molecule is COC(=O)[C@@H]1C[C@H]1[C@@H](N)C(=O)N1CCC[C@H]1C#N. The summed E-state index contributed by atoms with van der Waals surface area (Å²) in [5.41, 5.74) is 5.89. The van der Waals surface area contributed by atoms with E-state index in [1.54, 1.807) is 0 Å². The van der Waals surface area contributed by atoms with Gasteiger partial charge in [-0.2, -0.15) is 5.26 Å². The molecule has 0 aromatic rings. The topological polar surface area (TPSA) is 96.4 Å². The molecule has 0 unspecified atom stereocenters. The highest BCUT2D eigenvalue weighted by molar-refractivity contribution is 5.85. The van der Waals surface area contributed by atoms with Gasteiger partial charge in [-0.25, -0.2) is 0 Å². The fraction of sp³-hybridized carbons (Fsp3) is 0.750. The van der Waals surface area contributed by atoms with Crippen molar-refractivity contribution in [3.05, 3.63) is 0 Å². The number of amides is 1. The molecule has 2 fully saturated rings. The number of hydrogen-bond donors (Lipinski definition) is 1. The molecule has 98 valence electrons. The lowest BCUT2D eigenvalue weighted by atomic mass is 10.1. The number of nitriles is 1. The summed E-state index contributed by atoms with van der Waals surface area (Å²) in [6.07, 6.45) is 2.15. The Morgan fingerprint density at radius 1 is 1.56 bits per heavy atom. The molecule has 1 heterocycles. The molecule has 6 heteroatoms. The van der Waals surface area contributed by atoms with Crippen LogP contribution in [0.25, 0.3) is 0 Å². The van der Waals surface area contributed by atoms with Crippen molar-refractivity contribution in [1.82, 2.24) is 4.90 Å². The van der Waals surface area contributed by atoms with Gasteiger partial charge in [0.25, 0.3) is 0 Å². The molecule has 0 spiro atoms. The molecule has 1 saturated carbocycles. The number of esters is 1. The second-order valence-corrected chi connectivity index (χ2v) is 4.87. The Kier molecular flexibility index (Phi) is 3.53. The van der Waals surface area contributed by atoms with E-state index in [4.69, 9.17) is 11.0 Å². The Morgan fingerprint density at radius 3 is 2.89 bits per heavy atom. The van der Waals surface area contributed by atoms with Gasteiger partial charge in [0, 0.05) is 6.54 Å². The minimum absolute atomic E-state index is 0.134. The number of methoxy groups -OCH3 is 1. The van der Waals surface area contributed by atoms with E-state index < -0.39 is 6.04 Å². The van der Waals surface area contributed by atoms with Crippen LogP contribution in [0.4, 0.5) is 0 Å². The summed E-state index contributed by atoms with van der Waals surface area (Å²) in [4.78, 5) is 25.0. The molecule has 4 atom stereocenters. The van der Waals surface area contributed by atoms with Crippen LogP contribution in [0.5, 0.6) is 0 Å². The third-order valence-corrected chi connectivity index (χ3v) is 3.78. The molecule has 0 aromatic carbocycles. The van der Waals surface area contributed by atoms with Crippen molar-refractivity contribution in [2.75, 3.05) is 13.7 Å². The van der Waals surface area contributed by atoms with Crippen LogP contribution in [0.3, 0.4) is 0 Å². The molecule has 0 radical (unpaired) electrons. The average molecular weight is 251 g/mol. The van der Waals surface area contributed by atoms with E-state index in [1.165, 1.54) is 12.0 Å². The summed E-state index contributed by atoms with van der Waals surface area (Å²) in [5.74, 6) is -0.904. The van der Waals surface area contributed by atoms with Crippen LogP contribution in [0.1, 0.15) is 19.3 Å². The summed E-state index contributed by atoms with van der Waals surface area (Å²) in [5, 5.41) is 8.94. The van der Waals surface area contributed by atoms with Crippen LogP contribution < -0.4 is 5.73 Å². The van der Waals surface area contributed by atoms with Crippen LogP contribution >= 0.6 is 0 Å². The largest absolute Gasteiger partial charge is 0.469 e. The van der Waals surface area contributed by atoms with Crippen molar-refractivity contribution in [3.8, 4) is 6.07 Å². The predicted octanol–water partition coefficient (Wildman–Crippen LogP) is -0.363. The minimum Gasteiger partial charge on any atom is -0.469 e. The van der Waals surface area contributed by atoms with Gasteiger partial charge in [-0.3, -0.25) is 9.59 Å². The van der Waals surface area contributed by atoms with Gasteiger partial charge in [0.15, 0.2) is 0 Å². The normalized spacial score (nSPS) is 31.6. The Balaban J connectivity index is 1.95. The molecule has 1 amide bonds. The molecule has 0 aromatic heterocycles. The Labute approximate surface area is 106 Å². The van der Waals surface area contributed by atoms with Crippen molar-refractivity contribution in [2.45, 2.75) is 31.3 Å². The first-order valence-corrected chi connectivity index (χ1v) is 6.13. The molecule has 2 N–H and O–H groups in total. The van der Waals surface area contributed by atoms with Crippen molar-refractivity contribution in [2.24, 2.45) is 17.6 Å². The van der Waals surface area contributed by atoms with Gasteiger partial charge in [0.1, 0.15) is 6.04 Å². The molecule has 1 aliphatic carbocycles. The molecule has 2 rings (SSSR count). The summed E-state index contributed by atoms with van der Waals surface area (Å²) >= 11 is 0. The first-order valence-electron chi connectivity index (χ1n) is 6.13. The van der Waals surface area contributed by atoms with Crippen molar-refractivity contribution >= 4 is 11.9 Å². The van der Waals surface area contributed by atoms with Gasteiger partial charge in [-0.05, 0) is 25.2 Å². The average Bonchev–Trinajstić information content (AvgIpc) is 3.05. The first-order chi connectivity index (χ1) is 8.60. The zero-order chi connectivity index (χ0) is 13.3. The van der Waals surface area contributed by atoms with Crippen LogP contribution in [0.15, 0.2) is 0 Å². The number of ether oxygens (including phenoxy) is 1. The number of likely N-dealkylation sites (tertiary alicyclic amines) is 1. The number of hydrogen-bond acceptors (Lipinski definition) is 5. The Hall–Kier alpha value is -1.61. The zero-order valence-electron chi connectivity index (χ0n) is 10.3. The molecule has 2 aliphatic rings. The summed E-state index contributed by atoms with van der Waals surface area (Å²) in [6.45, 7) is 0.584. The molecule has 1 saturated heterocycles. The molecule has 1 aliphatic heterocycles. The zero-order valence-corrected chi connectivity index (χ0v) is 10.3. The van der Waals surface area contributed by atoms with Gasteiger partial charge in [-0.1, -0.05) is 0 Å². The third kappa shape index (κ3) is 2.18. The van der Waals surface area contributed by atoms with E-state index in [9.17, 15) is 9.59 Å². The summed E-state index contributed by atoms with van der Waals surface area (Å²) in [7, 11) is 1.33. The van der Waals surface area contributed by atoms with Gasteiger partial charge >= 0.3 is 5.97 Å². The maximum Gasteiger partial charge on any atom is 0.309 e. The Bertz CT molecular complexity index is 404. The van der Waals surface area contributed by atoms with Crippen molar-refractivity contribution in [1.29, 1.82) is 5.26 Å². The maximum atomic E-state index is 12.2. The quantitative estimate of drug-likeness (QED) is 0.691. The van der Waals surface area contributed by atoms with Gasteiger partial charge in [0.2, 0.25) is 5.91 Å². The summed E-state index contributed by atoms with van der Waals surface area (Å²) < 4.78 is 4.63. The third-order valence-electron chi connectivity index (χ3n) is 3.78. The lowest BCUT2D eigenvalue weighted by Gasteiger charge is -2.23. The number of nitrogens with zero attached hydrogens (tertiary/aromatic N) is 2. The van der Waals surface area contributed by atoms with Gasteiger partial charge in [0.05, 0.1) is 25.1 Å². The molecular weight excluding hydrogens is 234 g/mol.